The number of aromatic nitrogens is 1. The van der Waals surface area contributed by atoms with E-state index in [9.17, 15) is 0 Å². The third-order valence-corrected chi connectivity index (χ3v) is 6.22. The number of hydrogen-bond acceptors (Lipinski definition) is 5. The molecular weight excluding hydrogens is 314 g/mol. The molecule has 2 aliphatic rings. The fourth-order valence-corrected chi connectivity index (χ4v) is 4.41. The zero-order chi connectivity index (χ0) is 17.4. The van der Waals surface area contributed by atoms with Crippen LogP contribution in [-0.2, 0) is 0 Å². The summed E-state index contributed by atoms with van der Waals surface area (Å²) in [5, 5.41) is 1.12. The van der Waals surface area contributed by atoms with Gasteiger partial charge in [-0.05, 0) is 55.7 Å². The standard InChI is InChI=1S/C20H27N3O2/c1-24-18-11-15-16(12-19(18)25-2)22-8-3-17(15)23-9-4-14(5-10-23)20(13-21)6-7-20/h3,8,11-12,14H,4-7,9-10,13,21H2,1-2H3. The van der Waals surface area contributed by atoms with Crippen LogP contribution in [0.25, 0.3) is 10.9 Å². The van der Waals surface area contributed by atoms with Gasteiger partial charge in [0.15, 0.2) is 11.5 Å². The van der Waals surface area contributed by atoms with Crippen molar-refractivity contribution in [2.45, 2.75) is 25.7 Å². The Kier molecular flexibility index (Phi) is 4.20. The van der Waals surface area contributed by atoms with Gasteiger partial charge in [-0.3, -0.25) is 4.98 Å². The summed E-state index contributed by atoms with van der Waals surface area (Å²) in [5.74, 6) is 2.26. The lowest BCUT2D eigenvalue weighted by atomic mass is 9.81. The van der Waals surface area contributed by atoms with Gasteiger partial charge in [0.25, 0.3) is 0 Å². The monoisotopic (exact) mass is 341 g/mol. The van der Waals surface area contributed by atoms with Gasteiger partial charge >= 0.3 is 0 Å². The maximum absolute atomic E-state index is 6.03. The summed E-state index contributed by atoms with van der Waals surface area (Å²) in [4.78, 5) is 7.00. The highest BCUT2D eigenvalue weighted by atomic mass is 16.5. The molecule has 2 aromatic rings. The van der Waals surface area contributed by atoms with Crippen molar-refractivity contribution in [1.82, 2.24) is 4.98 Å². The quantitative estimate of drug-likeness (QED) is 0.905. The normalized spacial score (nSPS) is 19.9. The van der Waals surface area contributed by atoms with Crippen LogP contribution in [0.2, 0.25) is 0 Å². The van der Waals surface area contributed by atoms with E-state index in [2.05, 4.69) is 16.0 Å². The molecule has 1 aromatic heterocycles. The van der Waals surface area contributed by atoms with E-state index in [0.29, 0.717) is 5.41 Å². The largest absolute Gasteiger partial charge is 0.493 e. The molecule has 1 aliphatic carbocycles. The molecule has 0 unspecified atom stereocenters. The zero-order valence-corrected chi connectivity index (χ0v) is 15.1. The van der Waals surface area contributed by atoms with Crippen LogP contribution in [0.1, 0.15) is 25.7 Å². The van der Waals surface area contributed by atoms with E-state index in [1.165, 1.54) is 31.4 Å². The number of piperidine rings is 1. The number of hydrogen-bond donors (Lipinski definition) is 1. The van der Waals surface area contributed by atoms with E-state index in [0.717, 1.165) is 48.0 Å². The molecule has 0 atom stereocenters. The van der Waals surface area contributed by atoms with Gasteiger partial charge in [-0.2, -0.15) is 0 Å². The Morgan fingerprint density at radius 3 is 2.44 bits per heavy atom. The van der Waals surface area contributed by atoms with Gasteiger partial charge in [-0.25, -0.2) is 0 Å². The molecule has 2 N–H and O–H groups in total. The predicted octanol–water partition coefficient (Wildman–Crippen LogP) is 3.21. The van der Waals surface area contributed by atoms with Crippen LogP contribution in [0.4, 0.5) is 5.69 Å². The minimum atomic E-state index is 0.461. The van der Waals surface area contributed by atoms with Crippen molar-refractivity contribution in [2.75, 3.05) is 38.8 Å². The molecule has 0 spiro atoms. The van der Waals surface area contributed by atoms with Crippen molar-refractivity contribution in [2.24, 2.45) is 17.1 Å². The van der Waals surface area contributed by atoms with E-state index in [1.807, 2.05) is 18.3 Å². The van der Waals surface area contributed by atoms with Crippen LogP contribution in [0.3, 0.4) is 0 Å². The molecule has 25 heavy (non-hydrogen) atoms. The van der Waals surface area contributed by atoms with Crippen LogP contribution in [0.15, 0.2) is 24.4 Å². The molecule has 1 aromatic carbocycles. The van der Waals surface area contributed by atoms with Gasteiger partial charge in [0.2, 0.25) is 0 Å². The highest BCUT2D eigenvalue weighted by Gasteiger charge is 2.48. The van der Waals surface area contributed by atoms with Gasteiger partial charge in [0, 0.05) is 36.4 Å². The first kappa shape index (κ1) is 16.5. The summed E-state index contributed by atoms with van der Waals surface area (Å²) in [5.41, 5.74) is 8.67. The number of ether oxygens (including phenoxy) is 2. The Morgan fingerprint density at radius 2 is 1.84 bits per heavy atom. The van der Waals surface area contributed by atoms with E-state index in [-0.39, 0.29) is 0 Å². The van der Waals surface area contributed by atoms with Crippen LogP contribution in [-0.4, -0.2) is 38.8 Å². The average Bonchev–Trinajstić information content (AvgIpc) is 3.48. The second-order valence-electron chi connectivity index (χ2n) is 7.38. The van der Waals surface area contributed by atoms with Crippen molar-refractivity contribution in [3.05, 3.63) is 24.4 Å². The molecule has 2 fully saturated rings. The van der Waals surface area contributed by atoms with Gasteiger partial charge in [0.1, 0.15) is 0 Å². The topological polar surface area (TPSA) is 60.6 Å². The molecule has 2 heterocycles. The van der Waals surface area contributed by atoms with Gasteiger partial charge in [0.05, 0.1) is 19.7 Å². The number of rotatable bonds is 5. The van der Waals surface area contributed by atoms with Crippen LogP contribution >= 0.6 is 0 Å². The Hall–Kier alpha value is -2.01. The molecule has 0 radical (unpaired) electrons. The Bertz CT molecular complexity index is 765. The zero-order valence-electron chi connectivity index (χ0n) is 15.1. The molecule has 134 valence electrons. The Morgan fingerprint density at radius 1 is 1.16 bits per heavy atom. The number of nitrogens with two attached hydrogens (primary N) is 1. The minimum Gasteiger partial charge on any atom is -0.493 e. The van der Waals surface area contributed by atoms with Crippen molar-refractivity contribution < 1.29 is 9.47 Å². The molecular formula is C20H27N3O2. The second-order valence-corrected chi connectivity index (χ2v) is 7.38. The minimum absolute atomic E-state index is 0.461. The molecule has 1 aliphatic heterocycles. The van der Waals surface area contributed by atoms with Crippen LogP contribution < -0.4 is 20.1 Å². The lowest BCUT2D eigenvalue weighted by Gasteiger charge is -2.37. The van der Waals surface area contributed by atoms with Crippen molar-refractivity contribution in [3.63, 3.8) is 0 Å². The van der Waals surface area contributed by atoms with Gasteiger partial charge in [-0.15, -0.1) is 0 Å². The highest BCUT2D eigenvalue weighted by molar-refractivity contribution is 5.94. The lowest BCUT2D eigenvalue weighted by molar-refractivity contribution is 0.259. The lowest BCUT2D eigenvalue weighted by Crippen LogP contribution is -2.38. The molecule has 0 amide bonds. The number of benzene rings is 1. The third kappa shape index (κ3) is 2.80. The maximum atomic E-state index is 6.03. The first-order chi connectivity index (χ1) is 12.2. The van der Waals surface area contributed by atoms with E-state index in [4.69, 9.17) is 15.2 Å². The third-order valence-electron chi connectivity index (χ3n) is 6.22. The summed E-state index contributed by atoms with van der Waals surface area (Å²) < 4.78 is 10.9. The maximum Gasteiger partial charge on any atom is 0.162 e. The second kappa shape index (κ2) is 6.37. The fourth-order valence-electron chi connectivity index (χ4n) is 4.41. The van der Waals surface area contributed by atoms with Crippen LogP contribution in [0, 0.1) is 11.3 Å². The SMILES string of the molecule is COc1cc2nccc(N3CCC(C4(CN)CC4)CC3)c2cc1OC. The molecule has 0 bridgehead atoms. The smallest absolute Gasteiger partial charge is 0.162 e. The summed E-state index contributed by atoms with van der Waals surface area (Å²) in [6.45, 7) is 3.02. The summed E-state index contributed by atoms with van der Waals surface area (Å²) >= 11 is 0. The van der Waals surface area contributed by atoms with Gasteiger partial charge in [-0.1, -0.05) is 0 Å². The Labute approximate surface area is 149 Å². The number of pyridine rings is 1. The first-order valence-corrected chi connectivity index (χ1v) is 9.16. The van der Waals surface area contributed by atoms with Crippen molar-refractivity contribution >= 4 is 16.6 Å². The number of methoxy groups -OCH3 is 2. The highest BCUT2D eigenvalue weighted by Crippen LogP contribution is 2.54. The van der Waals surface area contributed by atoms with E-state index in [1.54, 1.807) is 14.2 Å². The Balaban J connectivity index is 1.61. The van der Waals surface area contributed by atoms with E-state index < -0.39 is 0 Å². The molecule has 5 nitrogen and oxygen atoms in total. The number of fused-ring (bicyclic) bond motifs is 1. The molecule has 1 saturated heterocycles. The summed E-state index contributed by atoms with van der Waals surface area (Å²) in [6, 6.07) is 6.12. The van der Waals surface area contributed by atoms with Gasteiger partial charge < -0.3 is 20.1 Å². The van der Waals surface area contributed by atoms with Crippen molar-refractivity contribution in [1.29, 1.82) is 0 Å². The fraction of sp³-hybridized carbons (Fsp3) is 0.550. The summed E-state index contributed by atoms with van der Waals surface area (Å²) in [6.07, 6.45) is 6.99. The summed E-state index contributed by atoms with van der Waals surface area (Å²) in [7, 11) is 3.33. The first-order valence-electron chi connectivity index (χ1n) is 9.16. The predicted molar refractivity (Wildman–Crippen MR) is 101 cm³/mol. The van der Waals surface area contributed by atoms with E-state index >= 15 is 0 Å². The molecule has 4 rings (SSSR count). The number of anilines is 1. The average molecular weight is 341 g/mol. The molecule has 5 heteroatoms. The number of nitrogens with zero attached hydrogens (tertiary/aromatic N) is 2. The van der Waals surface area contributed by atoms with Crippen LogP contribution in [0.5, 0.6) is 11.5 Å². The molecule has 1 saturated carbocycles. The van der Waals surface area contributed by atoms with Crippen molar-refractivity contribution in [3.8, 4) is 11.5 Å².